The molecule has 0 aliphatic heterocycles. The Hall–Kier alpha value is -4.94. The van der Waals surface area contributed by atoms with E-state index in [0.29, 0.717) is 0 Å². The molecule has 6 aromatic rings. The van der Waals surface area contributed by atoms with Crippen LogP contribution in [0.2, 0.25) is 115 Å². The standard InChI is InChI=1S/C30H50O5Si2.2C28H46O3Si2/c1-23(2)33-28-16-14-25(20-27(28)22-31)12-10-18-36(6,7)35-37(8,9)19-11-13-26-15-17-29(34-24(3)4)30(21-26)32-5;1-23(2)29-27-17-13-25(14-18-27)11-9-21-32(5,6)31-33(7,8)22-10-12-26-15-19-28(20-16-26)30-24(3)4;1-23(2)29-27-19-11-9-15-25(27)17-13-21-32(5,6)31-33(7,8)22-14-18-26-16-10-12-20-28(26)30-24(3)4/h14-17,20-21,23-24,31H,10-13,18-19,22H2,1-9H3;13-20,23-24H,9-12,21-22H2,1-8H3;9-12,15-16,19-20,23-24H,13-14,17-18,21-22H2,1-8H3. The third-order valence-electron chi connectivity index (χ3n) is 17.6. The molecule has 11 nitrogen and oxygen atoms in total. The van der Waals surface area contributed by atoms with Gasteiger partial charge in [-0.3, -0.25) is 0 Å². The van der Waals surface area contributed by atoms with Crippen LogP contribution >= 0.6 is 0 Å². The molecule has 17 heteroatoms. The van der Waals surface area contributed by atoms with E-state index in [1.54, 1.807) is 7.11 Å². The van der Waals surface area contributed by atoms with Crippen molar-refractivity contribution in [3.05, 3.63) is 172 Å². The molecule has 0 saturated carbocycles. The summed E-state index contributed by atoms with van der Waals surface area (Å²) in [6.45, 7) is 53.3. The van der Waals surface area contributed by atoms with E-state index < -0.39 is 49.9 Å². The number of aliphatic hydroxyl groups excluding tert-OH is 1. The van der Waals surface area contributed by atoms with Crippen LogP contribution in [0.1, 0.15) is 161 Å². The summed E-state index contributed by atoms with van der Waals surface area (Å²) in [7, 11) is -8.55. The molecule has 6 rings (SSSR count). The largest absolute Gasteiger partial charge is 0.493 e. The van der Waals surface area contributed by atoms with Gasteiger partial charge in [0.15, 0.2) is 61.4 Å². The highest BCUT2D eigenvalue weighted by atomic mass is 28.4. The average molecular weight is 1520 g/mol. The number of aryl methyl sites for hydroxylation is 6. The minimum absolute atomic E-state index is 0.00167. The van der Waals surface area contributed by atoms with Crippen molar-refractivity contribution < 1.29 is 50.6 Å². The van der Waals surface area contributed by atoms with Crippen molar-refractivity contribution in [1.82, 2.24) is 0 Å². The number of hydrogen-bond donors (Lipinski definition) is 1. The van der Waals surface area contributed by atoms with Crippen molar-refractivity contribution in [2.45, 2.75) is 318 Å². The molecule has 0 atom stereocenters. The topological polar surface area (TPSA) is 113 Å². The van der Waals surface area contributed by atoms with Gasteiger partial charge in [-0.15, -0.1) is 0 Å². The molecule has 576 valence electrons. The Morgan fingerprint density at radius 2 is 0.534 bits per heavy atom. The van der Waals surface area contributed by atoms with Crippen LogP contribution in [0, 0.1) is 0 Å². The Kier molecular flexibility index (Phi) is 39.0. The summed E-state index contributed by atoms with van der Waals surface area (Å²) in [5, 5.41) is 9.75. The molecule has 0 spiro atoms. The maximum absolute atomic E-state index is 9.75. The molecule has 0 aromatic heterocycles. The summed E-state index contributed by atoms with van der Waals surface area (Å²) < 4.78 is 61.4. The second-order valence-corrected chi connectivity index (χ2v) is 60.1. The van der Waals surface area contributed by atoms with Gasteiger partial charge >= 0.3 is 0 Å². The van der Waals surface area contributed by atoms with Gasteiger partial charge in [0.25, 0.3) is 0 Å². The average Bonchev–Trinajstić information content (AvgIpc) is 0.852. The van der Waals surface area contributed by atoms with Gasteiger partial charge in [0.1, 0.15) is 28.7 Å². The molecule has 0 heterocycles. The molecule has 0 aliphatic carbocycles. The number of ether oxygens (including phenoxy) is 7. The van der Waals surface area contributed by atoms with Crippen molar-refractivity contribution in [1.29, 1.82) is 0 Å². The Bertz CT molecular complexity index is 3110. The molecule has 0 unspecified atom stereocenters. The monoisotopic (exact) mass is 1520 g/mol. The first kappa shape index (κ1) is 90.5. The first-order chi connectivity index (χ1) is 48.2. The van der Waals surface area contributed by atoms with Gasteiger partial charge in [-0.25, -0.2) is 0 Å². The fraction of sp³-hybridized carbons (Fsp3) is 0.581. The van der Waals surface area contributed by atoms with Gasteiger partial charge < -0.3 is 50.6 Å². The van der Waals surface area contributed by atoms with E-state index >= 15 is 0 Å². The van der Waals surface area contributed by atoms with E-state index in [1.165, 1.54) is 70.4 Å². The number of benzene rings is 6. The Morgan fingerprint density at radius 3 is 0.845 bits per heavy atom. The van der Waals surface area contributed by atoms with E-state index in [-0.39, 0.29) is 43.2 Å². The lowest BCUT2D eigenvalue weighted by atomic mass is 10.1. The van der Waals surface area contributed by atoms with Gasteiger partial charge in [-0.05, 0) is 369 Å². The lowest BCUT2D eigenvalue weighted by Gasteiger charge is -2.34. The van der Waals surface area contributed by atoms with E-state index in [2.05, 4.69) is 255 Å². The smallest absolute Gasteiger partial charge is 0.173 e. The molecule has 1 N–H and O–H groups in total. The van der Waals surface area contributed by atoms with E-state index in [0.717, 1.165) is 122 Å². The molecule has 0 bridgehead atoms. The second-order valence-electron chi connectivity index (χ2n) is 33.6. The lowest BCUT2D eigenvalue weighted by Crippen LogP contribution is -2.44. The summed E-state index contributed by atoms with van der Waals surface area (Å²) >= 11 is 0. The minimum atomic E-state index is -1.76. The molecule has 6 aromatic carbocycles. The number of hydrogen-bond acceptors (Lipinski definition) is 11. The van der Waals surface area contributed by atoms with Crippen LogP contribution in [-0.2, 0) is 57.5 Å². The van der Waals surface area contributed by atoms with Crippen molar-refractivity contribution in [2.75, 3.05) is 7.11 Å². The number of methoxy groups -OCH3 is 1. The van der Waals surface area contributed by atoms with Crippen molar-refractivity contribution >= 4 is 49.9 Å². The van der Waals surface area contributed by atoms with Crippen LogP contribution < -0.4 is 33.2 Å². The second kappa shape index (κ2) is 44.4. The summed E-state index contributed by atoms with van der Waals surface area (Å²) in [5.41, 5.74) is 8.80. The highest BCUT2D eigenvalue weighted by molar-refractivity contribution is 6.86. The molecule has 103 heavy (non-hydrogen) atoms. The van der Waals surface area contributed by atoms with Gasteiger partial charge in [0.2, 0.25) is 0 Å². The maximum Gasteiger partial charge on any atom is 0.173 e. The van der Waals surface area contributed by atoms with E-state index in [4.69, 9.17) is 45.5 Å². The van der Waals surface area contributed by atoms with Crippen LogP contribution in [0.15, 0.2) is 133 Å². The molecule has 0 saturated heterocycles. The summed E-state index contributed by atoms with van der Waals surface area (Å²) in [6.07, 6.45) is 14.3. The zero-order chi connectivity index (χ0) is 76.6. The molecular formula is C86H142O11Si6. The van der Waals surface area contributed by atoms with Crippen LogP contribution in [0.3, 0.4) is 0 Å². The quantitative estimate of drug-likeness (QED) is 0.0369. The number of aliphatic hydroxyl groups is 1. The van der Waals surface area contributed by atoms with Crippen molar-refractivity contribution in [3.63, 3.8) is 0 Å². The third-order valence-corrected chi connectivity index (χ3v) is 40.2. The Labute approximate surface area is 634 Å². The molecule has 0 radical (unpaired) electrons. The number of para-hydroxylation sites is 2. The minimum Gasteiger partial charge on any atom is -0.493 e. The van der Waals surface area contributed by atoms with Gasteiger partial charge in [-0.1, -0.05) is 72.8 Å². The maximum atomic E-state index is 9.75. The highest BCUT2D eigenvalue weighted by Crippen LogP contribution is 2.34. The third kappa shape index (κ3) is 38.4. The Morgan fingerprint density at radius 1 is 0.272 bits per heavy atom. The Balaban J connectivity index is 0.000000328. The van der Waals surface area contributed by atoms with E-state index in [1.807, 2.05) is 39.8 Å². The zero-order valence-corrected chi connectivity index (χ0v) is 75.1. The predicted octanol–water partition coefficient (Wildman–Crippen LogP) is 24.3. The normalized spacial score (nSPS) is 12.4. The first-order valence-electron chi connectivity index (χ1n) is 39.1. The SMILES string of the molecule is CC(C)Oc1ccc(CCC[Si](C)(C)O[Si](C)(C)CCCc2ccc(OC(C)C)cc2)cc1.CC(C)Oc1ccccc1CCC[Si](C)(C)O[Si](C)(C)CCCc1ccccc1OC(C)C.COc1cc(CCC[Si](C)(C)O[Si](C)(C)CCCc2ccc(OC(C)C)c(CO)c2)ccc1OC(C)C. The highest BCUT2D eigenvalue weighted by Gasteiger charge is 2.35. The fourth-order valence-electron chi connectivity index (χ4n) is 13.5. The first-order valence-corrected chi connectivity index (χ1v) is 57.8. The van der Waals surface area contributed by atoms with Gasteiger partial charge in [-0.2, -0.15) is 0 Å². The van der Waals surface area contributed by atoms with Gasteiger partial charge in [0.05, 0.1) is 50.3 Å². The zero-order valence-electron chi connectivity index (χ0n) is 69.1. The lowest BCUT2D eigenvalue weighted by molar-refractivity contribution is 0.225. The molecule has 0 amide bonds. The van der Waals surface area contributed by atoms with Crippen LogP contribution in [0.4, 0.5) is 0 Å². The van der Waals surface area contributed by atoms with Crippen LogP contribution in [-0.4, -0.2) is 98.7 Å². The fourth-order valence-corrected chi connectivity index (χ4v) is 40.1. The summed E-state index contributed by atoms with van der Waals surface area (Å²) in [4.78, 5) is 0. The molecule has 0 aliphatic rings. The van der Waals surface area contributed by atoms with Crippen molar-refractivity contribution in [2.24, 2.45) is 0 Å². The molecular weight excluding hydrogens is 1380 g/mol. The number of rotatable bonds is 44. The van der Waals surface area contributed by atoms with Gasteiger partial charge in [0, 0.05) is 5.56 Å². The van der Waals surface area contributed by atoms with Crippen LogP contribution in [0.25, 0.3) is 0 Å². The van der Waals surface area contributed by atoms with Crippen molar-refractivity contribution in [3.8, 4) is 40.2 Å². The predicted molar refractivity (Wildman–Crippen MR) is 453 cm³/mol. The molecule has 0 fully saturated rings. The summed E-state index contributed by atoms with van der Waals surface area (Å²) in [5.74, 6) is 6.37. The van der Waals surface area contributed by atoms with E-state index in [9.17, 15) is 5.11 Å². The van der Waals surface area contributed by atoms with Crippen LogP contribution in [0.5, 0.6) is 40.2 Å². The summed E-state index contributed by atoms with van der Waals surface area (Å²) in [6, 6.07) is 53.7.